The molecule has 0 atom stereocenters. The van der Waals surface area contributed by atoms with Crippen molar-refractivity contribution in [3.05, 3.63) is 16.7 Å². The number of aromatic nitrogens is 2. The summed E-state index contributed by atoms with van der Waals surface area (Å²) in [6, 6.07) is 0. The maximum Gasteiger partial charge on any atom is 0.311 e. The highest BCUT2D eigenvalue weighted by molar-refractivity contribution is 5.76. The van der Waals surface area contributed by atoms with E-state index in [4.69, 9.17) is 5.73 Å². The second kappa shape index (κ2) is 4.67. The van der Waals surface area contributed by atoms with Gasteiger partial charge in [-0.15, -0.1) is 0 Å². The first-order chi connectivity index (χ1) is 8.55. The van der Waals surface area contributed by atoms with Crippen molar-refractivity contribution >= 4 is 17.5 Å². The number of nitrogens with one attached hydrogen (secondary N) is 2. The Morgan fingerprint density at radius 3 is 2.83 bits per heavy atom. The molecule has 0 amide bonds. The average Bonchev–Trinajstić information content (AvgIpc) is 2.81. The highest BCUT2D eigenvalue weighted by Crippen LogP contribution is 2.38. The van der Waals surface area contributed by atoms with Crippen LogP contribution in [0.15, 0.2) is 11.1 Å². The molecule has 1 fully saturated rings. The van der Waals surface area contributed by atoms with Gasteiger partial charge in [0, 0.05) is 6.54 Å². The van der Waals surface area contributed by atoms with Gasteiger partial charge in [0.25, 0.3) is 5.56 Å². The van der Waals surface area contributed by atoms with Crippen LogP contribution in [-0.4, -0.2) is 27.6 Å². The summed E-state index contributed by atoms with van der Waals surface area (Å²) in [4.78, 5) is 28.9. The number of aliphatic carboxylic acids is 1. The second-order valence-corrected chi connectivity index (χ2v) is 4.64. The molecule has 1 aliphatic rings. The van der Waals surface area contributed by atoms with E-state index in [1.165, 1.54) is 6.33 Å². The fraction of sp³-hybridized carbons (Fsp3) is 0.545. The lowest BCUT2D eigenvalue weighted by Gasteiger charge is -2.24. The summed E-state index contributed by atoms with van der Waals surface area (Å²) in [5.41, 5.74) is 4.36. The maximum atomic E-state index is 11.3. The average molecular weight is 252 g/mol. The zero-order valence-corrected chi connectivity index (χ0v) is 9.90. The molecule has 0 radical (unpaired) electrons. The van der Waals surface area contributed by atoms with E-state index in [9.17, 15) is 14.7 Å². The second-order valence-electron chi connectivity index (χ2n) is 4.64. The minimum atomic E-state index is -0.809. The molecule has 18 heavy (non-hydrogen) atoms. The number of hydrogen-bond acceptors (Lipinski definition) is 5. The Balaban J connectivity index is 2.13. The van der Waals surface area contributed by atoms with E-state index in [2.05, 4.69) is 15.3 Å². The lowest BCUT2D eigenvalue weighted by atomic mass is 9.86. The van der Waals surface area contributed by atoms with Crippen molar-refractivity contribution in [2.45, 2.75) is 25.7 Å². The van der Waals surface area contributed by atoms with Gasteiger partial charge in [-0.3, -0.25) is 9.59 Å². The maximum absolute atomic E-state index is 11.3. The van der Waals surface area contributed by atoms with Crippen LogP contribution in [0.25, 0.3) is 0 Å². The van der Waals surface area contributed by atoms with Gasteiger partial charge in [-0.1, -0.05) is 12.8 Å². The van der Waals surface area contributed by atoms with Gasteiger partial charge in [0.15, 0.2) is 5.82 Å². The lowest BCUT2D eigenvalue weighted by Crippen LogP contribution is -2.35. The molecule has 0 spiro atoms. The summed E-state index contributed by atoms with van der Waals surface area (Å²) < 4.78 is 0. The molecule has 7 nitrogen and oxygen atoms in total. The number of rotatable bonds is 4. The normalized spacial score (nSPS) is 17.6. The predicted octanol–water partition coefficient (Wildman–Crippen LogP) is 0.409. The number of carboxylic acid groups (broad SMARTS) is 1. The molecule has 98 valence electrons. The summed E-state index contributed by atoms with van der Waals surface area (Å²) in [5.74, 6) is -0.567. The first kappa shape index (κ1) is 12.4. The zero-order valence-electron chi connectivity index (χ0n) is 9.90. The topological polar surface area (TPSA) is 121 Å². The quantitative estimate of drug-likeness (QED) is 0.615. The van der Waals surface area contributed by atoms with Crippen LogP contribution in [-0.2, 0) is 4.79 Å². The van der Waals surface area contributed by atoms with Gasteiger partial charge in [0.2, 0.25) is 0 Å². The van der Waals surface area contributed by atoms with Crippen molar-refractivity contribution in [3.8, 4) is 0 Å². The number of nitrogens with two attached hydrogens (primary N) is 1. The monoisotopic (exact) mass is 252 g/mol. The van der Waals surface area contributed by atoms with Crippen molar-refractivity contribution in [1.29, 1.82) is 0 Å². The Kier molecular flexibility index (Phi) is 3.22. The van der Waals surface area contributed by atoms with Crippen LogP contribution >= 0.6 is 0 Å². The first-order valence-electron chi connectivity index (χ1n) is 5.86. The fourth-order valence-corrected chi connectivity index (χ4v) is 2.32. The number of aromatic amines is 1. The third-order valence-electron chi connectivity index (χ3n) is 3.50. The van der Waals surface area contributed by atoms with Gasteiger partial charge < -0.3 is 21.1 Å². The molecule has 0 aromatic carbocycles. The van der Waals surface area contributed by atoms with Gasteiger partial charge in [-0.05, 0) is 12.8 Å². The highest BCUT2D eigenvalue weighted by Gasteiger charge is 2.41. The van der Waals surface area contributed by atoms with E-state index in [-0.39, 0.29) is 18.1 Å². The molecule has 1 saturated carbocycles. The van der Waals surface area contributed by atoms with E-state index < -0.39 is 16.9 Å². The van der Waals surface area contributed by atoms with Crippen LogP contribution in [0.4, 0.5) is 11.5 Å². The van der Waals surface area contributed by atoms with Gasteiger partial charge in [-0.2, -0.15) is 0 Å². The van der Waals surface area contributed by atoms with Crippen molar-refractivity contribution in [1.82, 2.24) is 9.97 Å². The number of nitrogens with zero attached hydrogens (tertiary/aromatic N) is 1. The van der Waals surface area contributed by atoms with Gasteiger partial charge in [-0.25, -0.2) is 4.98 Å². The molecule has 0 aliphatic heterocycles. The smallest absolute Gasteiger partial charge is 0.311 e. The van der Waals surface area contributed by atoms with Gasteiger partial charge >= 0.3 is 5.97 Å². The summed E-state index contributed by atoms with van der Waals surface area (Å²) in [5, 5.41) is 12.2. The van der Waals surface area contributed by atoms with Crippen molar-refractivity contribution in [3.63, 3.8) is 0 Å². The number of carbonyl (C=O) groups is 1. The molecule has 1 aliphatic carbocycles. The summed E-state index contributed by atoms with van der Waals surface area (Å²) in [7, 11) is 0. The van der Waals surface area contributed by atoms with E-state index in [0.29, 0.717) is 12.8 Å². The SMILES string of the molecule is Nc1c(NCC2(C(=O)O)CCCC2)nc[nH]c1=O. The predicted molar refractivity (Wildman–Crippen MR) is 66.3 cm³/mol. The van der Waals surface area contributed by atoms with Crippen LogP contribution in [0, 0.1) is 5.41 Å². The van der Waals surface area contributed by atoms with E-state index in [1.807, 2.05) is 0 Å². The standard InChI is InChI=1S/C11H16N4O3/c12-7-8(14-6-15-9(7)16)13-5-11(10(17)18)3-1-2-4-11/h6H,1-5,12H2,(H,17,18)(H2,13,14,15,16). The number of hydrogen-bond donors (Lipinski definition) is 4. The van der Waals surface area contributed by atoms with Gasteiger partial charge in [0.1, 0.15) is 5.69 Å². The molecule has 7 heteroatoms. The summed E-state index contributed by atoms with van der Waals surface area (Å²) >= 11 is 0. The molecule has 5 N–H and O–H groups in total. The van der Waals surface area contributed by atoms with Crippen LogP contribution in [0.5, 0.6) is 0 Å². The molecule has 0 bridgehead atoms. The number of carboxylic acids is 1. The van der Waals surface area contributed by atoms with E-state index in [1.54, 1.807) is 0 Å². The van der Waals surface area contributed by atoms with Crippen LogP contribution in [0.2, 0.25) is 0 Å². The molecule has 1 heterocycles. The number of nitrogen functional groups attached to an aromatic ring is 1. The van der Waals surface area contributed by atoms with E-state index >= 15 is 0 Å². The van der Waals surface area contributed by atoms with E-state index in [0.717, 1.165) is 12.8 Å². The number of anilines is 2. The Morgan fingerprint density at radius 1 is 1.56 bits per heavy atom. The van der Waals surface area contributed by atoms with Crippen molar-refractivity contribution < 1.29 is 9.90 Å². The molecular weight excluding hydrogens is 236 g/mol. The Labute approximate surface area is 103 Å². The van der Waals surface area contributed by atoms with Crippen molar-refractivity contribution in [2.75, 3.05) is 17.6 Å². The zero-order chi connectivity index (χ0) is 13.2. The summed E-state index contributed by atoms with van der Waals surface area (Å²) in [6.45, 7) is 0.239. The molecule has 0 saturated heterocycles. The highest BCUT2D eigenvalue weighted by atomic mass is 16.4. The number of H-pyrrole nitrogens is 1. The Hall–Kier alpha value is -2.05. The molecular formula is C11H16N4O3. The van der Waals surface area contributed by atoms with Crippen LogP contribution in [0.1, 0.15) is 25.7 Å². The minimum absolute atomic E-state index is 0.0176. The Bertz CT molecular complexity index is 505. The van der Waals surface area contributed by atoms with Crippen LogP contribution in [0.3, 0.4) is 0 Å². The summed E-state index contributed by atoms with van der Waals surface area (Å²) in [6.07, 6.45) is 4.33. The van der Waals surface area contributed by atoms with Crippen LogP contribution < -0.4 is 16.6 Å². The molecule has 1 aromatic rings. The third kappa shape index (κ3) is 2.15. The molecule has 1 aromatic heterocycles. The Morgan fingerprint density at radius 2 is 2.22 bits per heavy atom. The largest absolute Gasteiger partial charge is 0.481 e. The van der Waals surface area contributed by atoms with Crippen molar-refractivity contribution in [2.24, 2.45) is 5.41 Å². The first-order valence-corrected chi connectivity index (χ1v) is 5.86. The molecule has 2 rings (SSSR count). The fourth-order valence-electron chi connectivity index (χ4n) is 2.32. The minimum Gasteiger partial charge on any atom is -0.481 e. The third-order valence-corrected chi connectivity index (χ3v) is 3.50. The molecule has 0 unspecified atom stereocenters. The van der Waals surface area contributed by atoms with Gasteiger partial charge in [0.05, 0.1) is 11.7 Å². The lowest BCUT2D eigenvalue weighted by molar-refractivity contribution is -0.147.